The second-order valence-corrected chi connectivity index (χ2v) is 7.24. The van der Waals surface area contributed by atoms with Gasteiger partial charge in [0.05, 0.1) is 12.2 Å². The molecule has 1 aliphatic heterocycles. The molecule has 7 heteroatoms. The van der Waals surface area contributed by atoms with Crippen molar-refractivity contribution in [3.8, 4) is 11.1 Å². The van der Waals surface area contributed by atoms with Gasteiger partial charge in [-0.3, -0.25) is 4.79 Å². The van der Waals surface area contributed by atoms with E-state index in [0.29, 0.717) is 31.5 Å². The number of nitrogens with two attached hydrogens (primary N) is 1. The first-order valence-electron chi connectivity index (χ1n) is 8.84. The SMILES string of the molecule is Nc1ncc(-c2ccc(C(=O)N3C[C@H]4C[C@H](O)[C@H](O)C[C@H]4C3)cc2)cn1. The topological polar surface area (TPSA) is 113 Å². The molecule has 2 fully saturated rings. The maximum atomic E-state index is 12.8. The molecule has 1 saturated carbocycles. The Kier molecular flexibility index (Phi) is 4.34. The smallest absolute Gasteiger partial charge is 0.253 e. The highest BCUT2D eigenvalue weighted by Gasteiger charge is 2.42. The van der Waals surface area contributed by atoms with Gasteiger partial charge in [-0.05, 0) is 42.4 Å². The van der Waals surface area contributed by atoms with E-state index in [-0.39, 0.29) is 23.7 Å². The van der Waals surface area contributed by atoms with Gasteiger partial charge in [0.1, 0.15) is 0 Å². The molecule has 2 aliphatic rings. The van der Waals surface area contributed by atoms with Crippen LogP contribution in [0.2, 0.25) is 0 Å². The number of aliphatic hydroxyl groups excluding tert-OH is 2. The normalized spacial score (nSPS) is 28.0. The van der Waals surface area contributed by atoms with Crippen molar-refractivity contribution >= 4 is 11.9 Å². The highest BCUT2D eigenvalue weighted by atomic mass is 16.3. The summed E-state index contributed by atoms with van der Waals surface area (Å²) >= 11 is 0. The molecule has 1 saturated heterocycles. The van der Waals surface area contributed by atoms with Gasteiger partial charge in [-0.1, -0.05) is 12.1 Å². The maximum absolute atomic E-state index is 12.8. The Morgan fingerprint density at radius 2 is 1.50 bits per heavy atom. The maximum Gasteiger partial charge on any atom is 0.253 e. The summed E-state index contributed by atoms with van der Waals surface area (Å²) in [5.41, 5.74) is 7.89. The molecule has 4 N–H and O–H groups in total. The summed E-state index contributed by atoms with van der Waals surface area (Å²) in [6, 6.07) is 7.36. The molecule has 2 aromatic rings. The Labute approximate surface area is 151 Å². The second-order valence-electron chi connectivity index (χ2n) is 7.24. The van der Waals surface area contributed by atoms with Gasteiger partial charge >= 0.3 is 0 Å². The summed E-state index contributed by atoms with van der Waals surface area (Å²) in [6.07, 6.45) is 3.08. The molecular weight excluding hydrogens is 332 g/mol. The van der Waals surface area contributed by atoms with E-state index in [2.05, 4.69) is 9.97 Å². The zero-order valence-electron chi connectivity index (χ0n) is 14.3. The molecule has 7 nitrogen and oxygen atoms in total. The first-order valence-corrected chi connectivity index (χ1v) is 8.84. The molecule has 0 spiro atoms. The van der Waals surface area contributed by atoms with Crippen molar-refractivity contribution in [2.75, 3.05) is 18.8 Å². The number of amides is 1. The minimum atomic E-state index is -0.673. The Balaban J connectivity index is 1.46. The number of nitrogens with zero attached hydrogens (tertiary/aromatic N) is 3. The number of aliphatic hydroxyl groups is 2. The van der Waals surface area contributed by atoms with Crippen LogP contribution in [0, 0.1) is 11.8 Å². The summed E-state index contributed by atoms with van der Waals surface area (Å²) in [5.74, 6) is 0.752. The summed E-state index contributed by atoms with van der Waals surface area (Å²) in [6.45, 7) is 1.28. The van der Waals surface area contributed by atoms with Gasteiger partial charge in [-0.15, -0.1) is 0 Å². The number of likely N-dealkylation sites (tertiary alicyclic amines) is 1. The lowest BCUT2D eigenvalue weighted by Crippen LogP contribution is -2.38. The fraction of sp³-hybridized carbons (Fsp3) is 0.421. The Morgan fingerprint density at radius 1 is 0.962 bits per heavy atom. The zero-order chi connectivity index (χ0) is 18.3. The van der Waals surface area contributed by atoms with Crippen LogP contribution in [0.5, 0.6) is 0 Å². The van der Waals surface area contributed by atoms with E-state index < -0.39 is 12.2 Å². The lowest BCUT2D eigenvalue weighted by molar-refractivity contribution is -0.0372. The summed E-state index contributed by atoms with van der Waals surface area (Å²) in [7, 11) is 0. The van der Waals surface area contributed by atoms with E-state index in [0.717, 1.165) is 11.1 Å². The Morgan fingerprint density at radius 3 is 2.04 bits per heavy atom. The largest absolute Gasteiger partial charge is 0.390 e. The van der Waals surface area contributed by atoms with Gasteiger partial charge in [0.2, 0.25) is 5.95 Å². The molecule has 4 atom stereocenters. The van der Waals surface area contributed by atoms with Crippen molar-refractivity contribution in [2.24, 2.45) is 11.8 Å². The number of carbonyl (C=O) groups excluding carboxylic acids is 1. The van der Waals surface area contributed by atoms with Crippen LogP contribution >= 0.6 is 0 Å². The molecule has 0 unspecified atom stereocenters. The molecule has 1 aromatic carbocycles. The third-order valence-corrected chi connectivity index (χ3v) is 5.53. The van der Waals surface area contributed by atoms with Gasteiger partial charge in [0.25, 0.3) is 5.91 Å². The van der Waals surface area contributed by atoms with Crippen molar-refractivity contribution in [3.05, 3.63) is 42.2 Å². The lowest BCUT2D eigenvalue weighted by atomic mass is 9.79. The van der Waals surface area contributed by atoms with Crippen molar-refractivity contribution < 1.29 is 15.0 Å². The highest BCUT2D eigenvalue weighted by molar-refractivity contribution is 5.95. The van der Waals surface area contributed by atoms with Crippen LogP contribution in [0.25, 0.3) is 11.1 Å². The molecule has 4 rings (SSSR count). The number of nitrogen functional groups attached to an aromatic ring is 1. The van der Waals surface area contributed by atoms with Gasteiger partial charge < -0.3 is 20.8 Å². The molecule has 0 radical (unpaired) electrons. The third kappa shape index (κ3) is 3.15. The fourth-order valence-corrected chi connectivity index (χ4v) is 4.05. The number of benzene rings is 1. The third-order valence-electron chi connectivity index (χ3n) is 5.53. The number of anilines is 1. The second kappa shape index (κ2) is 6.66. The number of rotatable bonds is 2. The summed E-state index contributed by atoms with van der Waals surface area (Å²) in [5, 5.41) is 19.7. The highest BCUT2D eigenvalue weighted by Crippen LogP contribution is 2.37. The molecule has 1 aliphatic carbocycles. The molecule has 0 bridgehead atoms. The van der Waals surface area contributed by atoms with E-state index in [4.69, 9.17) is 5.73 Å². The molecule has 1 amide bonds. The summed E-state index contributed by atoms with van der Waals surface area (Å²) in [4.78, 5) is 22.6. The Bertz CT molecular complexity index is 775. The van der Waals surface area contributed by atoms with E-state index >= 15 is 0 Å². The molecular formula is C19H22N4O3. The van der Waals surface area contributed by atoms with Crippen LogP contribution in [-0.2, 0) is 0 Å². The van der Waals surface area contributed by atoms with Crippen LogP contribution in [0.3, 0.4) is 0 Å². The number of hydrogen-bond acceptors (Lipinski definition) is 6. The van der Waals surface area contributed by atoms with E-state index in [1.807, 2.05) is 17.0 Å². The minimum Gasteiger partial charge on any atom is -0.390 e. The number of hydrogen-bond donors (Lipinski definition) is 3. The monoisotopic (exact) mass is 354 g/mol. The molecule has 26 heavy (non-hydrogen) atoms. The van der Waals surface area contributed by atoms with Crippen molar-refractivity contribution in [2.45, 2.75) is 25.0 Å². The van der Waals surface area contributed by atoms with E-state index in [9.17, 15) is 15.0 Å². The molecule has 1 aromatic heterocycles. The zero-order valence-corrected chi connectivity index (χ0v) is 14.3. The molecule has 136 valence electrons. The average molecular weight is 354 g/mol. The minimum absolute atomic E-state index is 0.0107. The van der Waals surface area contributed by atoms with Crippen LogP contribution < -0.4 is 5.73 Å². The van der Waals surface area contributed by atoms with Gasteiger partial charge in [0, 0.05) is 36.6 Å². The van der Waals surface area contributed by atoms with E-state index in [1.165, 1.54) is 0 Å². The van der Waals surface area contributed by atoms with Gasteiger partial charge in [0.15, 0.2) is 0 Å². The molecule has 2 heterocycles. The standard InChI is InChI=1S/C19H22N4O3/c20-19-21-7-15(8-22-19)11-1-3-12(4-2-11)18(26)23-9-13-5-16(24)17(25)6-14(13)10-23/h1-4,7-8,13-14,16-17,24-25H,5-6,9-10H2,(H2,20,21,22)/t13-,14+,16+,17-. The van der Waals surface area contributed by atoms with Crippen LogP contribution in [-0.4, -0.2) is 56.3 Å². The first-order chi connectivity index (χ1) is 12.5. The fourth-order valence-electron chi connectivity index (χ4n) is 4.05. The summed E-state index contributed by atoms with van der Waals surface area (Å²) < 4.78 is 0. The van der Waals surface area contributed by atoms with Crippen molar-refractivity contribution in [1.29, 1.82) is 0 Å². The van der Waals surface area contributed by atoms with Crippen LogP contribution in [0.15, 0.2) is 36.7 Å². The number of aromatic nitrogens is 2. The lowest BCUT2D eigenvalue weighted by Gasteiger charge is -2.31. The average Bonchev–Trinajstić information content (AvgIpc) is 3.05. The Hall–Kier alpha value is -2.51. The van der Waals surface area contributed by atoms with Crippen molar-refractivity contribution in [1.82, 2.24) is 14.9 Å². The van der Waals surface area contributed by atoms with Gasteiger partial charge in [-0.25, -0.2) is 9.97 Å². The predicted molar refractivity (Wildman–Crippen MR) is 96.0 cm³/mol. The number of fused-ring (bicyclic) bond motifs is 1. The quantitative estimate of drug-likeness (QED) is 0.739. The van der Waals surface area contributed by atoms with Crippen molar-refractivity contribution in [3.63, 3.8) is 0 Å². The van der Waals surface area contributed by atoms with E-state index in [1.54, 1.807) is 24.5 Å². The first kappa shape index (κ1) is 16.9. The predicted octanol–water partition coefficient (Wildman–Crippen LogP) is 0.930. The van der Waals surface area contributed by atoms with Crippen LogP contribution in [0.4, 0.5) is 5.95 Å². The van der Waals surface area contributed by atoms with Crippen LogP contribution in [0.1, 0.15) is 23.2 Å². The number of carbonyl (C=O) groups is 1. The van der Waals surface area contributed by atoms with Gasteiger partial charge in [-0.2, -0.15) is 0 Å².